The first-order valence-corrected chi connectivity index (χ1v) is 15.0. The van der Waals surface area contributed by atoms with Gasteiger partial charge in [0.05, 0.1) is 53.3 Å². The molecule has 2 heterocycles. The maximum absolute atomic E-state index is 12.4. The molecule has 1 N–H and O–H groups in total. The summed E-state index contributed by atoms with van der Waals surface area (Å²) in [5, 5.41) is 14.5. The predicted molar refractivity (Wildman–Crippen MR) is 167 cm³/mol. The topological polar surface area (TPSA) is 100.0 Å². The highest BCUT2D eigenvalue weighted by Crippen LogP contribution is 2.40. The molecule has 0 radical (unpaired) electrons. The summed E-state index contributed by atoms with van der Waals surface area (Å²) in [6, 6.07) is 9.07. The van der Waals surface area contributed by atoms with E-state index in [-0.39, 0.29) is 5.91 Å². The van der Waals surface area contributed by atoms with Gasteiger partial charge in [-0.15, -0.1) is 0 Å². The zero-order valence-electron chi connectivity index (χ0n) is 24.3. The second kappa shape index (κ2) is 15.1. The number of hydrogen-bond acceptors (Lipinski definition) is 8. The number of nitrogens with zero attached hydrogens (tertiary/aromatic N) is 4. The summed E-state index contributed by atoms with van der Waals surface area (Å²) in [6.45, 7) is 6.86. The minimum Gasteiger partial charge on any atom is -0.495 e. The number of fused-ring (bicyclic) bond motifs is 1. The summed E-state index contributed by atoms with van der Waals surface area (Å²) in [5.74, 6) is 1.82. The van der Waals surface area contributed by atoms with Crippen LogP contribution >= 0.6 is 23.2 Å². The Morgan fingerprint density at radius 1 is 1.00 bits per heavy atom. The number of amides is 1. The van der Waals surface area contributed by atoms with E-state index in [1.165, 1.54) is 13.3 Å². The van der Waals surface area contributed by atoms with Crippen LogP contribution in [0.1, 0.15) is 44.6 Å². The predicted octanol–water partition coefficient (Wildman–Crippen LogP) is 6.67. The second-order valence-corrected chi connectivity index (χ2v) is 11.0. The number of anilines is 2. The molecule has 1 fully saturated rings. The van der Waals surface area contributed by atoms with Gasteiger partial charge in [0.2, 0.25) is 5.91 Å². The Kier molecular flexibility index (Phi) is 11.4. The first kappa shape index (κ1) is 31.5. The molecule has 0 unspecified atom stereocenters. The van der Waals surface area contributed by atoms with Crippen LogP contribution in [-0.4, -0.2) is 74.2 Å². The summed E-state index contributed by atoms with van der Waals surface area (Å²) in [5.41, 5.74) is 2.03. The third-order valence-corrected chi connectivity index (χ3v) is 7.98. The molecule has 0 bridgehead atoms. The first-order valence-electron chi connectivity index (χ1n) is 14.2. The third-order valence-electron chi connectivity index (χ3n) is 7.37. The van der Waals surface area contributed by atoms with Crippen LogP contribution in [0.2, 0.25) is 10.0 Å². The van der Waals surface area contributed by atoms with E-state index in [0.717, 1.165) is 58.4 Å². The van der Waals surface area contributed by atoms with Gasteiger partial charge in [-0.05, 0) is 25.0 Å². The lowest BCUT2D eigenvalue weighted by Crippen LogP contribution is -2.48. The Balaban J connectivity index is 1.40. The number of nitrogens with one attached hydrogen (secondary N) is 1. The molecule has 1 aliphatic heterocycles. The molecule has 0 spiro atoms. The van der Waals surface area contributed by atoms with E-state index in [0.29, 0.717) is 68.2 Å². The summed E-state index contributed by atoms with van der Waals surface area (Å²) in [4.78, 5) is 21.2. The number of rotatable bonds is 13. The summed E-state index contributed by atoms with van der Waals surface area (Å²) >= 11 is 12.6. The van der Waals surface area contributed by atoms with Crippen molar-refractivity contribution in [3.63, 3.8) is 0 Å². The Labute approximate surface area is 257 Å². The van der Waals surface area contributed by atoms with Crippen molar-refractivity contribution in [1.82, 2.24) is 14.8 Å². The van der Waals surface area contributed by atoms with Gasteiger partial charge >= 0.3 is 0 Å². The Bertz CT molecular complexity index is 1440. The second-order valence-electron chi connectivity index (χ2n) is 10.2. The van der Waals surface area contributed by atoms with E-state index in [1.54, 1.807) is 25.3 Å². The Morgan fingerprint density at radius 2 is 1.76 bits per heavy atom. The SMILES string of the molecule is CCCCCC(=O)N1CCN(CCCOc2cc3ncc(C#N)c(Nc4cc(OC)c(Cl)cc4Cl)c3cc2OC)CC1. The maximum atomic E-state index is 12.4. The average Bonchev–Trinajstić information content (AvgIpc) is 3.00. The van der Waals surface area contributed by atoms with Gasteiger partial charge in [0.1, 0.15) is 11.8 Å². The molecule has 1 aliphatic rings. The van der Waals surface area contributed by atoms with Gasteiger partial charge in [-0.1, -0.05) is 43.0 Å². The first-order chi connectivity index (χ1) is 20.4. The van der Waals surface area contributed by atoms with Crippen LogP contribution in [0, 0.1) is 11.3 Å². The van der Waals surface area contributed by atoms with Gasteiger partial charge in [0.15, 0.2) is 11.5 Å². The molecule has 0 aliphatic carbocycles. The maximum Gasteiger partial charge on any atom is 0.222 e. The van der Waals surface area contributed by atoms with Crippen molar-refractivity contribution < 1.29 is 19.0 Å². The summed E-state index contributed by atoms with van der Waals surface area (Å²) < 4.78 is 17.1. The summed E-state index contributed by atoms with van der Waals surface area (Å²) in [6.07, 6.45) is 6.21. The average molecular weight is 615 g/mol. The van der Waals surface area contributed by atoms with Crippen molar-refractivity contribution in [3.05, 3.63) is 46.1 Å². The molecule has 11 heteroatoms. The number of aromatic nitrogens is 1. The van der Waals surface area contributed by atoms with Gasteiger partial charge in [-0.3, -0.25) is 14.7 Å². The highest BCUT2D eigenvalue weighted by Gasteiger charge is 2.21. The number of halogens is 2. The Hall–Kier alpha value is -3.45. The molecular weight excluding hydrogens is 577 g/mol. The molecule has 1 saturated heterocycles. The lowest BCUT2D eigenvalue weighted by molar-refractivity contribution is -0.133. The van der Waals surface area contributed by atoms with Gasteiger partial charge < -0.3 is 24.4 Å². The number of pyridine rings is 1. The fourth-order valence-electron chi connectivity index (χ4n) is 4.98. The van der Waals surface area contributed by atoms with Crippen LogP contribution in [0.4, 0.5) is 11.4 Å². The number of nitriles is 1. The largest absolute Gasteiger partial charge is 0.495 e. The zero-order valence-corrected chi connectivity index (χ0v) is 25.9. The smallest absolute Gasteiger partial charge is 0.222 e. The van der Waals surface area contributed by atoms with Crippen molar-refractivity contribution in [2.45, 2.75) is 39.0 Å². The van der Waals surface area contributed by atoms with E-state index >= 15 is 0 Å². The molecular formula is C31H37Cl2N5O4. The number of carbonyl (C=O) groups excluding carboxylic acids is 1. The van der Waals surface area contributed by atoms with Crippen molar-refractivity contribution in [2.75, 3.05) is 58.9 Å². The monoisotopic (exact) mass is 613 g/mol. The standard InChI is InChI=1S/C31H37Cl2N5O4/c1-4-5-6-8-30(39)38-12-10-37(11-13-38)9-7-14-42-29-17-25-22(15-28(29)41-3)31(21(19-34)20-35-25)36-26-18-27(40-2)24(33)16-23(26)32/h15-18,20H,4-14H2,1-3H3,(H,35,36). The van der Waals surface area contributed by atoms with E-state index < -0.39 is 0 Å². The fraction of sp³-hybridized carbons (Fsp3) is 0.452. The lowest BCUT2D eigenvalue weighted by atomic mass is 10.1. The quantitative estimate of drug-likeness (QED) is 0.213. The van der Waals surface area contributed by atoms with E-state index in [9.17, 15) is 10.1 Å². The van der Waals surface area contributed by atoms with E-state index in [1.807, 2.05) is 11.0 Å². The van der Waals surface area contributed by atoms with Crippen molar-refractivity contribution in [2.24, 2.45) is 0 Å². The van der Waals surface area contributed by atoms with E-state index in [2.05, 4.69) is 28.2 Å². The molecule has 3 aromatic rings. The van der Waals surface area contributed by atoms with Crippen molar-refractivity contribution >= 4 is 51.4 Å². The van der Waals surface area contributed by atoms with Crippen molar-refractivity contribution in [1.29, 1.82) is 5.26 Å². The number of ether oxygens (including phenoxy) is 3. The number of piperazine rings is 1. The molecule has 9 nitrogen and oxygen atoms in total. The van der Waals surface area contributed by atoms with Gasteiger partial charge in [0.25, 0.3) is 0 Å². The molecule has 42 heavy (non-hydrogen) atoms. The summed E-state index contributed by atoms with van der Waals surface area (Å²) in [7, 11) is 3.10. The van der Waals surface area contributed by atoms with Crippen LogP contribution in [0.5, 0.6) is 17.2 Å². The van der Waals surface area contributed by atoms with Crippen LogP contribution in [0.25, 0.3) is 10.9 Å². The third kappa shape index (κ3) is 7.68. The van der Waals surface area contributed by atoms with E-state index in [4.69, 9.17) is 37.4 Å². The van der Waals surface area contributed by atoms with Crippen LogP contribution in [0.3, 0.4) is 0 Å². The number of hydrogen-bond donors (Lipinski definition) is 1. The molecule has 1 aromatic heterocycles. The van der Waals surface area contributed by atoms with Crippen LogP contribution in [-0.2, 0) is 4.79 Å². The molecule has 0 atom stereocenters. The highest BCUT2D eigenvalue weighted by molar-refractivity contribution is 6.37. The molecule has 4 rings (SSSR count). The minimum absolute atomic E-state index is 0.277. The van der Waals surface area contributed by atoms with Crippen molar-refractivity contribution in [3.8, 4) is 23.3 Å². The number of carbonyl (C=O) groups is 1. The molecule has 1 amide bonds. The number of methoxy groups -OCH3 is 2. The normalized spacial score (nSPS) is 13.6. The minimum atomic E-state index is 0.277. The molecule has 0 saturated carbocycles. The van der Waals surface area contributed by atoms with Gasteiger partial charge in [0, 0.05) is 62.9 Å². The zero-order chi connectivity index (χ0) is 30.1. The van der Waals surface area contributed by atoms with Gasteiger partial charge in [-0.25, -0.2) is 0 Å². The fourth-order valence-corrected chi connectivity index (χ4v) is 5.49. The van der Waals surface area contributed by atoms with Gasteiger partial charge in [-0.2, -0.15) is 5.26 Å². The van der Waals surface area contributed by atoms with Crippen LogP contribution in [0.15, 0.2) is 30.5 Å². The number of unbranched alkanes of at least 4 members (excludes halogenated alkanes) is 2. The number of benzene rings is 2. The molecule has 2 aromatic carbocycles. The highest BCUT2D eigenvalue weighted by atomic mass is 35.5. The lowest BCUT2D eigenvalue weighted by Gasteiger charge is -2.34. The molecule has 224 valence electrons. The Morgan fingerprint density at radius 3 is 2.45 bits per heavy atom. The van der Waals surface area contributed by atoms with Crippen LogP contribution < -0.4 is 19.5 Å².